The van der Waals surface area contributed by atoms with Crippen molar-refractivity contribution >= 4 is 23.1 Å². The first-order chi connectivity index (χ1) is 15.9. The zero-order valence-electron chi connectivity index (χ0n) is 19.6. The lowest BCUT2D eigenvalue weighted by Gasteiger charge is -2.11. The molecule has 2 N–H and O–H groups in total. The summed E-state index contributed by atoms with van der Waals surface area (Å²) in [7, 11) is 0. The number of aryl methyl sites for hydroxylation is 3. The van der Waals surface area contributed by atoms with Crippen LogP contribution in [-0.4, -0.2) is 17.2 Å². The van der Waals surface area contributed by atoms with Crippen LogP contribution in [0.5, 0.6) is 5.75 Å². The quantitative estimate of drug-likeness (QED) is 0.193. The summed E-state index contributed by atoms with van der Waals surface area (Å²) < 4.78 is 5.51. The van der Waals surface area contributed by atoms with E-state index in [9.17, 15) is 14.7 Å². The lowest BCUT2D eigenvalue weighted by molar-refractivity contribution is -0.121. The second-order valence-corrected chi connectivity index (χ2v) is 8.33. The smallest absolute Gasteiger partial charge is 0.339 e. The zero-order valence-corrected chi connectivity index (χ0v) is 19.6. The lowest BCUT2D eigenvalue weighted by atomic mass is 9.99. The average molecular weight is 449 g/mol. The molecule has 33 heavy (non-hydrogen) atoms. The SMILES string of the molecule is CCCCCc1cc(O)c2c(C)c(CCC(=O)N/N=C/c3ccc(CC)cc3)c(=O)oc2c1. The van der Waals surface area contributed by atoms with Gasteiger partial charge in [0.2, 0.25) is 5.91 Å². The summed E-state index contributed by atoms with van der Waals surface area (Å²) in [4.78, 5) is 24.8. The summed E-state index contributed by atoms with van der Waals surface area (Å²) in [5.74, 6) is -0.199. The van der Waals surface area contributed by atoms with Gasteiger partial charge in [-0.2, -0.15) is 5.10 Å². The fourth-order valence-electron chi connectivity index (χ4n) is 3.90. The highest BCUT2D eigenvalue weighted by Gasteiger charge is 2.16. The Morgan fingerprint density at radius 1 is 1.09 bits per heavy atom. The topological polar surface area (TPSA) is 91.9 Å². The normalized spacial score (nSPS) is 11.4. The molecule has 0 spiro atoms. The molecule has 1 heterocycles. The number of rotatable bonds is 10. The lowest BCUT2D eigenvalue weighted by Crippen LogP contribution is -2.20. The summed E-state index contributed by atoms with van der Waals surface area (Å²) in [6.45, 7) is 6.01. The van der Waals surface area contributed by atoms with Crippen LogP contribution in [0.15, 0.2) is 50.7 Å². The largest absolute Gasteiger partial charge is 0.507 e. The summed E-state index contributed by atoms with van der Waals surface area (Å²) in [6.07, 6.45) is 6.90. The van der Waals surface area contributed by atoms with E-state index in [2.05, 4.69) is 24.4 Å². The van der Waals surface area contributed by atoms with Crippen LogP contribution in [0.3, 0.4) is 0 Å². The molecular weight excluding hydrogens is 416 g/mol. The van der Waals surface area contributed by atoms with Crippen LogP contribution in [0.4, 0.5) is 0 Å². The van der Waals surface area contributed by atoms with Gasteiger partial charge in [0.1, 0.15) is 11.3 Å². The number of hydrazone groups is 1. The van der Waals surface area contributed by atoms with E-state index in [-0.39, 0.29) is 24.5 Å². The molecule has 6 nitrogen and oxygen atoms in total. The molecule has 0 radical (unpaired) electrons. The van der Waals surface area contributed by atoms with E-state index < -0.39 is 5.63 Å². The van der Waals surface area contributed by atoms with Crippen molar-refractivity contribution in [3.63, 3.8) is 0 Å². The van der Waals surface area contributed by atoms with Crippen molar-refractivity contribution in [2.24, 2.45) is 5.10 Å². The second-order valence-electron chi connectivity index (χ2n) is 8.33. The van der Waals surface area contributed by atoms with E-state index in [0.717, 1.165) is 43.2 Å². The predicted octanol–water partition coefficient (Wildman–Crippen LogP) is 5.19. The maximum atomic E-state index is 12.6. The van der Waals surface area contributed by atoms with Crippen LogP contribution in [0.25, 0.3) is 11.0 Å². The summed E-state index contributed by atoms with van der Waals surface area (Å²) in [6, 6.07) is 11.5. The molecule has 1 amide bonds. The van der Waals surface area contributed by atoms with Crippen molar-refractivity contribution in [3.8, 4) is 5.75 Å². The van der Waals surface area contributed by atoms with E-state index in [1.165, 1.54) is 5.56 Å². The Hall–Kier alpha value is -3.41. The minimum Gasteiger partial charge on any atom is -0.507 e. The minimum atomic E-state index is -0.475. The molecule has 2 aromatic carbocycles. The number of hydrogen-bond donors (Lipinski definition) is 2. The Morgan fingerprint density at radius 2 is 1.85 bits per heavy atom. The highest BCUT2D eigenvalue weighted by Crippen LogP contribution is 2.31. The molecule has 0 aliphatic heterocycles. The number of phenols is 1. The highest BCUT2D eigenvalue weighted by molar-refractivity contribution is 5.88. The van der Waals surface area contributed by atoms with E-state index in [1.54, 1.807) is 19.2 Å². The van der Waals surface area contributed by atoms with E-state index in [1.807, 2.05) is 30.3 Å². The average Bonchev–Trinajstić information content (AvgIpc) is 2.79. The zero-order chi connectivity index (χ0) is 23.8. The van der Waals surface area contributed by atoms with Gasteiger partial charge >= 0.3 is 5.63 Å². The third-order valence-electron chi connectivity index (χ3n) is 5.88. The maximum Gasteiger partial charge on any atom is 0.339 e. The number of aromatic hydroxyl groups is 1. The fourth-order valence-corrected chi connectivity index (χ4v) is 3.90. The van der Waals surface area contributed by atoms with Gasteiger partial charge in [0.05, 0.1) is 11.6 Å². The molecular formula is C27H32N2O4. The maximum absolute atomic E-state index is 12.6. The van der Waals surface area contributed by atoms with Crippen LogP contribution in [-0.2, 0) is 24.1 Å². The van der Waals surface area contributed by atoms with Gasteiger partial charge in [-0.05, 0) is 67.0 Å². The molecule has 0 saturated heterocycles. The standard InChI is InChI=1S/C27H32N2O4/c1-4-6-7-8-21-15-23(30)26-18(3)22(27(32)33-24(26)16-21)13-14-25(31)29-28-17-20-11-9-19(5-2)10-12-20/h9-12,15-17,30H,4-8,13-14H2,1-3H3,(H,29,31)/b28-17+. The molecule has 0 bridgehead atoms. The predicted molar refractivity (Wildman–Crippen MR) is 132 cm³/mol. The molecule has 0 aliphatic carbocycles. The Bertz CT molecular complexity index is 1190. The number of unbranched alkanes of at least 4 members (excludes halogenated alkanes) is 2. The number of benzene rings is 2. The Morgan fingerprint density at radius 3 is 2.55 bits per heavy atom. The van der Waals surface area contributed by atoms with Crippen molar-refractivity contribution in [2.75, 3.05) is 0 Å². The molecule has 0 saturated carbocycles. The fraction of sp³-hybridized carbons (Fsp3) is 0.370. The van der Waals surface area contributed by atoms with Crippen LogP contribution in [0.2, 0.25) is 0 Å². The number of hydrogen-bond acceptors (Lipinski definition) is 5. The van der Waals surface area contributed by atoms with Gasteiger partial charge in [0, 0.05) is 12.0 Å². The number of nitrogens with zero attached hydrogens (tertiary/aromatic N) is 1. The van der Waals surface area contributed by atoms with Crippen LogP contribution < -0.4 is 11.1 Å². The summed E-state index contributed by atoms with van der Waals surface area (Å²) in [5.41, 5.74) is 6.52. The summed E-state index contributed by atoms with van der Waals surface area (Å²) in [5, 5.41) is 15.1. The van der Waals surface area contributed by atoms with Gasteiger partial charge in [-0.15, -0.1) is 0 Å². The van der Waals surface area contributed by atoms with Gasteiger partial charge in [-0.3, -0.25) is 4.79 Å². The van der Waals surface area contributed by atoms with Gasteiger partial charge in [0.15, 0.2) is 0 Å². The van der Waals surface area contributed by atoms with Gasteiger partial charge < -0.3 is 9.52 Å². The van der Waals surface area contributed by atoms with Crippen LogP contribution >= 0.6 is 0 Å². The molecule has 3 aromatic rings. The van der Waals surface area contributed by atoms with Crippen molar-refractivity contribution in [2.45, 2.75) is 65.7 Å². The first-order valence-corrected chi connectivity index (χ1v) is 11.6. The Kier molecular flexibility index (Phi) is 8.41. The van der Waals surface area contributed by atoms with Gasteiger partial charge in [-0.1, -0.05) is 51.0 Å². The van der Waals surface area contributed by atoms with E-state index in [4.69, 9.17) is 4.42 Å². The number of amides is 1. The van der Waals surface area contributed by atoms with E-state index in [0.29, 0.717) is 22.1 Å². The summed E-state index contributed by atoms with van der Waals surface area (Å²) >= 11 is 0. The number of fused-ring (bicyclic) bond motifs is 1. The number of phenolic OH excluding ortho intramolecular Hbond substituents is 1. The van der Waals surface area contributed by atoms with Gasteiger partial charge in [-0.25, -0.2) is 10.2 Å². The number of carbonyl (C=O) groups excluding carboxylic acids is 1. The van der Waals surface area contributed by atoms with Gasteiger partial charge in [0.25, 0.3) is 0 Å². The highest BCUT2D eigenvalue weighted by atomic mass is 16.4. The molecule has 6 heteroatoms. The Labute approximate surface area is 194 Å². The Balaban J connectivity index is 1.67. The number of nitrogens with one attached hydrogen (secondary N) is 1. The van der Waals surface area contributed by atoms with Crippen molar-refractivity contribution in [1.29, 1.82) is 0 Å². The molecule has 174 valence electrons. The minimum absolute atomic E-state index is 0.0824. The molecule has 3 rings (SSSR count). The first kappa shape index (κ1) is 24.2. The monoisotopic (exact) mass is 448 g/mol. The molecule has 1 aromatic heterocycles. The molecule has 0 fully saturated rings. The van der Waals surface area contributed by atoms with Crippen LogP contribution in [0, 0.1) is 6.92 Å². The molecule has 0 aliphatic rings. The third kappa shape index (κ3) is 6.31. The molecule has 0 unspecified atom stereocenters. The van der Waals surface area contributed by atoms with Crippen LogP contribution in [0.1, 0.15) is 67.3 Å². The third-order valence-corrected chi connectivity index (χ3v) is 5.88. The first-order valence-electron chi connectivity index (χ1n) is 11.6. The second kappa shape index (κ2) is 11.5. The van der Waals surface area contributed by atoms with Crippen molar-refractivity contribution < 1.29 is 14.3 Å². The van der Waals surface area contributed by atoms with Crippen molar-refractivity contribution in [3.05, 3.63) is 74.6 Å². The number of carbonyl (C=O) groups is 1. The van der Waals surface area contributed by atoms with E-state index >= 15 is 0 Å². The van der Waals surface area contributed by atoms with Crippen molar-refractivity contribution in [1.82, 2.24) is 5.43 Å². The molecule has 0 atom stereocenters.